The van der Waals surface area contributed by atoms with Crippen LogP contribution in [0.1, 0.15) is 13.8 Å². The van der Waals surface area contributed by atoms with Gasteiger partial charge in [-0.25, -0.2) is 0 Å². The number of carbonyl (C=O) groups is 1. The van der Waals surface area contributed by atoms with Crippen LogP contribution >= 0.6 is 24.2 Å². The fraction of sp³-hybridized carbons (Fsp3) is 0.500. The third-order valence-electron chi connectivity index (χ3n) is 3.76. The van der Waals surface area contributed by atoms with Gasteiger partial charge in [0.15, 0.2) is 0 Å². The van der Waals surface area contributed by atoms with Crippen molar-refractivity contribution < 1.29 is 9.72 Å². The van der Waals surface area contributed by atoms with E-state index in [-0.39, 0.29) is 30.0 Å². The summed E-state index contributed by atoms with van der Waals surface area (Å²) < 4.78 is 0. The number of hydrogen-bond donors (Lipinski definition) is 1. The van der Waals surface area contributed by atoms with E-state index in [1.165, 1.54) is 23.9 Å². The Kier molecular flexibility index (Phi) is 7.12. The molecule has 8 heteroatoms. The zero-order valence-electron chi connectivity index (χ0n) is 12.5. The fourth-order valence-electron chi connectivity index (χ4n) is 2.30. The number of rotatable bonds is 4. The molecule has 2 rings (SSSR count). The zero-order chi connectivity index (χ0) is 15.4. The van der Waals surface area contributed by atoms with Crippen molar-refractivity contribution in [2.45, 2.75) is 30.8 Å². The van der Waals surface area contributed by atoms with E-state index in [1.807, 2.05) is 11.8 Å². The molecule has 0 aliphatic carbocycles. The van der Waals surface area contributed by atoms with E-state index in [0.717, 1.165) is 18.0 Å². The minimum absolute atomic E-state index is 0. The van der Waals surface area contributed by atoms with Gasteiger partial charge in [-0.05, 0) is 26.0 Å². The second kappa shape index (κ2) is 8.36. The summed E-state index contributed by atoms with van der Waals surface area (Å²) in [6.07, 6.45) is 0. The summed E-state index contributed by atoms with van der Waals surface area (Å²) in [5.74, 6) is 0.466. The lowest BCUT2D eigenvalue weighted by Gasteiger charge is -2.38. The maximum absolute atomic E-state index is 12.3. The van der Waals surface area contributed by atoms with Crippen LogP contribution in [0, 0.1) is 10.1 Å². The van der Waals surface area contributed by atoms with Crippen LogP contribution in [0.2, 0.25) is 0 Å². The molecule has 1 saturated heterocycles. The second-order valence-electron chi connectivity index (χ2n) is 5.11. The molecule has 22 heavy (non-hydrogen) atoms. The quantitative estimate of drug-likeness (QED) is 0.515. The maximum Gasteiger partial charge on any atom is 0.269 e. The topological polar surface area (TPSA) is 75.5 Å². The number of amides is 1. The summed E-state index contributed by atoms with van der Waals surface area (Å²) in [5.41, 5.74) is 0.0650. The van der Waals surface area contributed by atoms with E-state index in [0.29, 0.717) is 11.8 Å². The summed E-state index contributed by atoms with van der Waals surface area (Å²) in [4.78, 5) is 25.2. The number of piperazine rings is 1. The largest absolute Gasteiger partial charge is 0.336 e. The van der Waals surface area contributed by atoms with E-state index < -0.39 is 4.92 Å². The van der Waals surface area contributed by atoms with Crippen LogP contribution in [0.5, 0.6) is 0 Å². The molecule has 2 atom stereocenters. The number of nitrogens with one attached hydrogen (secondary N) is 1. The molecule has 0 bridgehead atoms. The van der Waals surface area contributed by atoms with Gasteiger partial charge >= 0.3 is 0 Å². The van der Waals surface area contributed by atoms with Gasteiger partial charge in [0, 0.05) is 42.2 Å². The highest BCUT2D eigenvalue weighted by Gasteiger charge is 2.27. The lowest BCUT2D eigenvalue weighted by Crippen LogP contribution is -2.57. The first-order chi connectivity index (χ1) is 9.99. The Morgan fingerprint density at radius 1 is 1.41 bits per heavy atom. The van der Waals surface area contributed by atoms with Gasteiger partial charge in [-0.2, -0.15) is 0 Å². The number of non-ortho nitro benzene ring substituents is 1. The van der Waals surface area contributed by atoms with Crippen molar-refractivity contribution >= 4 is 35.8 Å². The standard InChI is InChI=1S/C14H19N3O3S.ClH/c1-10-11(2)16(8-7-15-10)14(18)9-21-13-5-3-12(4-6-13)17(19)20;/h3-6,10-11,15H,7-9H2,1-2H3;1H. The average molecular weight is 346 g/mol. The van der Waals surface area contributed by atoms with Gasteiger partial charge < -0.3 is 10.2 Å². The first-order valence-corrected chi connectivity index (χ1v) is 7.87. The number of benzene rings is 1. The number of carbonyl (C=O) groups excluding carboxylic acids is 1. The molecular weight excluding hydrogens is 326 g/mol. The van der Waals surface area contributed by atoms with E-state index in [2.05, 4.69) is 12.2 Å². The summed E-state index contributed by atoms with van der Waals surface area (Å²) in [6.45, 7) is 5.67. The van der Waals surface area contributed by atoms with Gasteiger partial charge in [0.2, 0.25) is 5.91 Å². The number of hydrogen-bond acceptors (Lipinski definition) is 5. The molecular formula is C14H20ClN3O3S. The highest BCUT2D eigenvalue weighted by Crippen LogP contribution is 2.22. The Bertz CT molecular complexity index is 527. The SMILES string of the molecule is CC1NCCN(C(=O)CSc2ccc([N+](=O)[O-])cc2)C1C.Cl. The molecule has 0 radical (unpaired) electrons. The Morgan fingerprint density at radius 3 is 2.64 bits per heavy atom. The minimum Gasteiger partial charge on any atom is -0.336 e. The number of thioether (sulfide) groups is 1. The number of nitro benzene ring substituents is 1. The monoisotopic (exact) mass is 345 g/mol. The van der Waals surface area contributed by atoms with E-state index in [4.69, 9.17) is 0 Å². The molecule has 0 spiro atoms. The molecule has 2 unspecified atom stereocenters. The molecule has 1 aliphatic heterocycles. The molecule has 6 nitrogen and oxygen atoms in total. The van der Waals surface area contributed by atoms with Gasteiger partial charge in [0.05, 0.1) is 10.7 Å². The van der Waals surface area contributed by atoms with Crippen LogP contribution in [0.3, 0.4) is 0 Å². The van der Waals surface area contributed by atoms with E-state index in [1.54, 1.807) is 12.1 Å². The van der Waals surface area contributed by atoms with Crippen LogP contribution in [-0.4, -0.2) is 46.7 Å². The fourth-order valence-corrected chi connectivity index (χ4v) is 3.09. The van der Waals surface area contributed by atoms with E-state index in [9.17, 15) is 14.9 Å². The highest BCUT2D eigenvalue weighted by atomic mass is 35.5. The summed E-state index contributed by atoms with van der Waals surface area (Å²) >= 11 is 1.41. The predicted octanol–water partition coefficient (Wildman–Crippen LogP) is 2.32. The molecule has 1 aliphatic rings. The Balaban J connectivity index is 0.00000242. The number of halogens is 1. The lowest BCUT2D eigenvalue weighted by atomic mass is 10.1. The molecule has 1 N–H and O–H groups in total. The van der Waals surface area contributed by atoms with Gasteiger partial charge in [-0.15, -0.1) is 24.2 Å². The van der Waals surface area contributed by atoms with Crippen molar-refractivity contribution in [1.29, 1.82) is 0 Å². The van der Waals surface area contributed by atoms with Crippen LogP contribution in [0.25, 0.3) is 0 Å². The van der Waals surface area contributed by atoms with Gasteiger partial charge in [0.25, 0.3) is 5.69 Å². The van der Waals surface area contributed by atoms with Crippen LogP contribution < -0.4 is 5.32 Å². The number of nitrogens with zero attached hydrogens (tertiary/aromatic N) is 2. The minimum atomic E-state index is -0.427. The third-order valence-corrected chi connectivity index (χ3v) is 4.76. The van der Waals surface area contributed by atoms with Crippen molar-refractivity contribution in [3.05, 3.63) is 34.4 Å². The third kappa shape index (κ3) is 4.59. The Labute approximate surface area is 140 Å². The maximum atomic E-state index is 12.3. The lowest BCUT2D eigenvalue weighted by molar-refractivity contribution is -0.384. The zero-order valence-corrected chi connectivity index (χ0v) is 14.2. The van der Waals surface area contributed by atoms with Crippen molar-refractivity contribution in [3.8, 4) is 0 Å². The van der Waals surface area contributed by atoms with Crippen LogP contribution in [-0.2, 0) is 4.79 Å². The summed E-state index contributed by atoms with van der Waals surface area (Å²) in [5, 5.41) is 13.9. The van der Waals surface area contributed by atoms with Crippen molar-refractivity contribution in [1.82, 2.24) is 10.2 Å². The Hall–Kier alpha value is -1.31. The molecule has 0 saturated carbocycles. The van der Waals surface area contributed by atoms with Crippen LogP contribution in [0.4, 0.5) is 5.69 Å². The van der Waals surface area contributed by atoms with Gasteiger partial charge in [-0.1, -0.05) is 0 Å². The van der Waals surface area contributed by atoms with Crippen molar-refractivity contribution in [2.75, 3.05) is 18.8 Å². The molecule has 0 aromatic heterocycles. The average Bonchev–Trinajstić information content (AvgIpc) is 2.48. The highest BCUT2D eigenvalue weighted by molar-refractivity contribution is 8.00. The molecule has 1 fully saturated rings. The molecule has 1 amide bonds. The summed E-state index contributed by atoms with van der Waals surface area (Å²) in [7, 11) is 0. The normalized spacial score (nSPS) is 21.1. The van der Waals surface area contributed by atoms with Crippen LogP contribution in [0.15, 0.2) is 29.2 Å². The summed E-state index contributed by atoms with van der Waals surface area (Å²) in [6, 6.07) is 6.76. The molecule has 1 aromatic rings. The van der Waals surface area contributed by atoms with Crippen molar-refractivity contribution in [3.63, 3.8) is 0 Å². The Morgan fingerprint density at radius 2 is 2.05 bits per heavy atom. The number of nitro groups is 1. The molecule has 1 heterocycles. The first-order valence-electron chi connectivity index (χ1n) is 6.89. The molecule has 1 aromatic carbocycles. The second-order valence-corrected chi connectivity index (χ2v) is 6.16. The smallest absolute Gasteiger partial charge is 0.269 e. The van der Waals surface area contributed by atoms with E-state index >= 15 is 0 Å². The van der Waals surface area contributed by atoms with Gasteiger partial charge in [0.1, 0.15) is 0 Å². The van der Waals surface area contributed by atoms with Gasteiger partial charge in [-0.3, -0.25) is 14.9 Å². The van der Waals surface area contributed by atoms with Crippen molar-refractivity contribution in [2.24, 2.45) is 0 Å². The predicted molar refractivity (Wildman–Crippen MR) is 89.7 cm³/mol. The first kappa shape index (κ1) is 18.7. The molecule has 122 valence electrons.